The second kappa shape index (κ2) is 5.75. The Morgan fingerprint density at radius 1 is 1.35 bits per heavy atom. The maximum atomic E-state index is 12.1. The van der Waals surface area contributed by atoms with Crippen molar-refractivity contribution in [2.75, 3.05) is 25.4 Å². The highest BCUT2D eigenvalue weighted by molar-refractivity contribution is 7.99. The van der Waals surface area contributed by atoms with Gasteiger partial charge in [-0.15, -0.1) is 0 Å². The van der Waals surface area contributed by atoms with Gasteiger partial charge in [-0.3, -0.25) is 4.79 Å². The standard InChI is InChI=1S/C14H25NOS/c1-10-6-11(2)13(14(16)7-10)9-15-4-5-17-12(3)8-15/h10-13H,4-9H2,1-3H3. The van der Waals surface area contributed by atoms with E-state index < -0.39 is 0 Å². The summed E-state index contributed by atoms with van der Waals surface area (Å²) in [4.78, 5) is 14.6. The van der Waals surface area contributed by atoms with Crippen LogP contribution in [0.25, 0.3) is 0 Å². The lowest BCUT2D eigenvalue weighted by molar-refractivity contribution is -0.128. The number of thioether (sulfide) groups is 1. The molecule has 1 aliphatic heterocycles. The summed E-state index contributed by atoms with van der Waals surface area (Å²) in [5.74, 6) is 3.23. The number of Topliss-reactive ketones (excluding diaryl/α,β-unsaturated/α-hetero) is 1. The molecule has 2 nitrogen and oxygen atoms in total. The first kappa shape index (κ1) is 13.4. The molecule has 2 fully saturated rings. The van der Waals surface area contributed by atoms with Crippen molar-refractivity contribution in [3.8, 4) is 0 Å². The van der Waals surface area contributed by atoms with Crippen molar-refractivity contribution in [2.24, 2.45) is 17.8 Å². The monoisotopic (exact) mass is 255 g/mol. The molecule has 0 aromatic heterocycles. The number of rotatable bonds is 2. The van der Waals surface area contributed by atoms with Gasteiger partial charge in [0.1, 0.15) is 5.78 Å². The molecular formula is C14H25NOS. The van der Waals surface area contributed by atoms with Crippen molar-refractivity contribution in [1.82, 2.24) is 4.90 Å². The Labute approximate surface area is 110 Å². The molecule has 17 heavy (non-hydrogen) atoms. The van der Waals surface area contributed by atoms with Crippen molar-refractivity contribution >= 4 is 17.5 Å². The molecule has 4 unspecified atom stereocenters. The van der Waals surface area contributed by atoms with Crippen LogP contribution in [0.1, 0.15) is 33.6 Å². The van der Waals surface area contributed by atoms with Crippen molar-refractivity contribution in [3.05, 3.63) is 0 Å². The van der Waals surface area contributed by atoms with Crippen molar-refractivity contribution < 1.29 is 4.79 Å². The van der Waals surface area contributed by atoms with Gasteiger partial charge < -0.3 is 4.90 Å². The second-order valence-corrected chi connectivity index (χ2v) is 7.58. The Hall–Kier alpha value is -0.0200. The summed E-state index contributed by atoms with van der Waals surface area (Å²) in [5.41, 5.74) is 0. The molecule has 1 saturated heterocycles. The number of hydrogen-bond acceptors (Lipinski definition) is 3. The zero-order valence-electron chi connectivity index (χ0n) is 11.3. The van der Waals surface area contributed by atoms with E-state index in [2.05, 4.69) is 37.4 Å². The van der Waals surface area contributed by atoms with Gasteiger partial charge in [0.05, 0.1) is 0 Å². The number of carbonyl (C=O) groups is 1. The summed E-state index contributed by atoms with van der Waals surface area (Å²) in [6, 6.07) is 0. The van der Waals surface area contributed by atoms with E-state index in [0.717, 1.165) is 24.8 Å². The Bertz CT molecular complexity index is 281. The Morgan fingerprint density at radius 2 is 2.12 bits per heavy atom. The minimum atomic E-state index is 0.307. The number of carbonyl (C=O) groups excluding carboxylic acids is 1. The molecule has 4 atom stereocenters. The van der Waals surface area contributed by atoms with Gasteiger partial charge >= 0.3 is 0 Å². The van der Waals surface area contributed by atoms with E-state index in [-0.39, 0.29) is 0 Å². The molecule has 0 aromatic rings. The topological polar surface area (TPSA) is 20.3 Å². The van der Waals surface area contributed by atoms with Crippen LogP contribution in [0, 0.1) is 17.8 Å². The quantitative estimate of drug-likeness (QED) is 0.756. The molecular weight excluding hydrogens is 230 g/mol. The van der Waals surface area contributed by atoms with Crippen LogP contribution in [0.4, 0.5) is 0 Å². The van der Waals surface area contributed by atoms with Crippen molar-refractivity contribution in [1.29, 1.82) is 0 Å². The fourth-order valence-electron chi connectivity index (χ4n) is 3.31. The fraction of sp³-hybridized carbons (Fsp3) is 0.929. The van der Waals surface area contributed by atoms with Gasteiger partial charge in [0.25, 0.3) is 0 Å². The number of nitrogens with zero attached hydrogens (tertiary/aromatic N) is 1. The van der Waals surface area contributed by atoms with Gasteiger partial charge in [-0.1, -0.05) is 20.8 Å². The van der Waals surface area contributed by atoms with Crippen molar-refractivity contribution in [2.45, 2.75) is 38.9 Å². The summed E-state index contributed by atoms with van der Waals surface area (Å²) in [7, 11) is 0. The highest BCUT2D eigenvalue weighted by Gasteiger charge is 2.34. The van der Waals surface area contributed by atoms with Gasteiger partial charge in [-0.25, -0.2) is 0 Å². The molecule has 2 rings (SSSR count). The molecule has 1 aliphatic carbocycles. The molecule has 2 aliphatic rings. The lowest BCUT2D eigenvalue weighted by Gasteiger charge is -2.37. The SMILES string of the molecule is CC1CC(=O)C(CN2CCSC(C)C2)C(C)C1. The predicted octanol–water partition coefficient (Wildman–Crippen LogP) is 2.68. The minimum Gasteiger partial charge on any atom is -0.301 e. The molecule has 98 valence electrons. The molecule has 1 heterocycles. The molecule has 0 radical (unpaired) electrons. The smallest absolute Gasteiger partial charge is 0.137 e. The van der Waals surface area contributed by atoms with Gasteiger partial charge in [-0.2, -0.15) is 11.8 Å². The van der Waals surface area contributed by atoms with Crippen LogP contribution in [0.2, 0.25) is 0 Å². The zero-order chi connectivity index (χ0) is 12.4. The molecule has 3 heteroatoms. The lowest BCUT2D eigenvalue weighted by Crippen LogP contribution is -2.44. The first-order valence-corrected chi connectivity index (χ1v) is 7.97. The summed E-state index contributed by atoms with van der Waals surface area (Å²) in [6.45, 7) is 10.1. The van der Waals surface area contributed by atoms with Crippen molar-refractivity contribution in [3.63, 3.8) is 0 Å². The predicted molar refractivity (Wildman–Crippen MR) is 74.4 cm³/mol. The van der Waals surface area contributed by atoms with Gasteiger partial charge in [-0.05, 0) is 18.3 Å². The van der Waals surface area contributed by atoms with Crippen LogP contribution < -0.4 is 0 Å². The van der Waals surface area contributed by atoms with E-state index in [9.17, 15) is 4.79 Å². The Kier molecular flexibility index (Phi) is 4.53. The van der Waals surface area contributed by atoms with Gasteiger partial charge in [0.15, 0.2) is 0 Å². The van der Waals surface area contributed by atoms with Crippen LogP contribution in [0.15, 0.2) is 0 Å². The fourth-order valence-corrected chi connectivity index (χ4v) is 4.39. The molecule has 0 N–H and O–H groups in total. The van der Waals surface area contributed by atoms with Crippen LogP contribution in [0.3, 0.4) is 0 Å². The minimum absolute atomic E-state index is 0.307. The molecule has 0 bridgehead atoms. The third-order valence-corrected chi connectivity index (χ3v) is 5.34. The first-order valence-electron chi connectivity index (χ1n) is 6.93. The normalized spacial score (nSPS) is 40.5. The van der Waals surface area contributed by atoms with E-state index >= 15 is 0 Å². The highest BCUT2D eigenvalue weighted by Crippen LogP contribution is 2.32. The van der Waals surface area contributed by atoms with Crippen LogP contribution >= 0.6 is 11.8 Å². The number of ketones is 1. The molecule has 1 saturated carbocycles. The maximum Gasteiger partial charge on any atom is 0.137 e. The van der Waals surface area contributed by atoms with E-state index in [1.165, 1.54) is 18.7 Å². The third-order valence-electron chi connectivity index (χ3n) is 4.20. The van der Waals surface area contributed by atoms with Gasteiger partial charge in [0.2, 0.25) is 0 Å². The average Bonchev–Trinajstić information content (AvgIpc) is 2.23. The summed E-state index contributed by atoms with van der Waals surface area (Å²) in [5, 5.41) is 0.733. The highest BCUT2D eigenvalue weighted by atomic mass is 32.2. The van der Waals surface area contributed by atoms with Crippen LogP contribution in [-0.2, 0) is 4.79 Å². The molecule has 0 spiro atoms. The zero-order valence-corrected chi connectivity index (χ0v) is 12.1. The molecule has 0 amide bonds. The largest absolute Gasteiger partial charge is 0.301 e. The Balaban J connectivity index is 1.90. The number of hydrogen-bond donors (Lipinski definition) is 0. The summed E-state index contributed by atoms with van der Waals surface area (Å²) >= 11 is 2.06. The summed E-state index contributed by atoms with van der Waals surface area (Å²) < 4.78 is 0. The average molecular weight is 255 g/mol. The van der Waals surface area contributed by atoms with E-state index in [0.29, 0.717) is 23.5 Å². The van der Waals surface area contributed by atoms with E-state index in [4.69, 9.17) is 0 Å². The maximum absolute atomic E-state index is 12.1. The molecule has 0 aromatic carbocycles. The van der Waals surface area contributed by atoms with Crippen LogP contribution in [-0.4, -0.2) is 41.3 Å². The lowest BCUT2D eigenvalue weighted by atomic mass is 9.74. The van der Waals surface area contributed by atoms with E-state index in [1.807, 2.05) is 0 Å². The van der Waals surface area contributed by atoms with E-state index in [1.54, 1.807) is 0 Å². The van der Waals surface area contributed by atoms with Gasteiger partial charge in [0, 0.05) is 43.0 Å². The first-order chi connectivity index (χ1) is 8.06. The second-order valence-electron chi connectivity index (χ2n) is 6.04. The Morgan fingerprint density at radius 3 is 2.76 bits per heavy atom. The third kappa shape index (κ3) is 3.47. The van der Waals surface area contributed by atoms with Crippen LogP contribution in [0.5, 0.6) is 0 Å². The summed E-state index contributed by atoms with van der Waals surface area (Å²) in [6.07, 6.45) is 2.04.